The Morgan fingerprint density at radius 2 is 1.80 bits per heavy atom. The van der Waals surface area contributed by atoms with Gasteiger partial charge in [0.05, 0.1) is 0 Å². The Bertz CT molecular complexity index is 1090. The maximum Gasteiger partial charge on any atom is 0.298 e. The van der Waals surface area contributed by atoms with Crippen molar-refractivity contribution >= 4 is 23.5 Å². The summed E-state index contributed by atoms with van der Waals surface area (Å²) in [6, 6.07) is 16.3. The van der Waals surface area contributed by atoms with Crippen LogP contribution in [-0.4, -0.2) is 27.6 Å². The summed E-state index contributed by atoms with van der Waals surface area (Å²) in [6.45, 7) is 6.46. The molecule has 5 heteroatoms. The fraction of sp³-hybridized carbons (Fsp3) is 0.240. The lowest BCUT2D eigenvalue weighted by Crippen LogP contribution is -2.31. The van der Waals surface area contributed by atoms with Crippen LogP contribution in [0.3, 0.4) is 0 Å². The molecule has 0 saturated carbocycles. The van der Waals surface area contributed by atoms with E-state index in [2.05, 4.69) is 31.8 Å². The molecule has 0 saturated heterocycles. The van der Waals surface area contributed by atoms with Gasteiger partial charge in [0, 0.05) is 17.7 Å². The summed E-state index contributed by atoms with van der Waals surface area (Å²) in [5, 5.41) is 15.7. The average Bonchev–Trinajstić information content (AvgIpc) is 2.98. The summed E-state index contributed by atoms with van der Waals surface area (Å²) in [5.41, 5.74) is 4.20. The molecule has 1 heterocycles. The average molecular weight is 399 g/mol. The normalized spacial score (nSPS) is 21.2. The molecule has 0 bridgehead atoms. The van der Waals surface area contributed by atoms with Gasteiger partial charge in [0.1, 0.15) is 11.4 Å². The molecule has 5 nitrogen and oxygen atoms in total. The number of phenols is 1. The molecular weight excluding hydrogens is 374 g/mol. The Labute approximate surface area is 176 Å². The van der Waals surface area contributed by atoms with Crippen LogP contribution in [0.25, 0.3) is 6.08 Å². The van der Waals surface area contributed by atoms with Crippen molar-refractivity contribution in [2.45, 2.75) is 33.6 Å². The number of rotatable bonds is 3. The van der Waals surface area contributed by atoms with Crippen LogP contribution in [0.4, 0.5) is 0 Å². The number of hydrazone groups is 1. The van der Waals surface area contributed by atoms with Crippen molar-refractivity contribution in [2.24, 2.45) is 15.5 Å². The van der Waals surface area contributed by atoms with Gasteiger partial charge in [-0.05, 0) is 42.5 Å². The van der Waals surface area contributed by atoms with Gasteiger partial charge in [-0.2, -0.15) is 10.1 Å². The third-order valence-electron chi connectivity index (χ3n) is 5.09. The number of nitrogens with zero attached hydrogens (tertiary/aromatic N) is 3. The zero-order valence-electron chi connectivity index (χ0n) is 17.5. The Morgan fingerprint density at radius 3 is 2.47 bits per heavy atom. The van der Waals surface area contributed by atoms with Gasteiger partial charge in [-0.3, -0.25) is 4.79 Å². The van der Waals surface area contributed by atoms with Crippen molar-refractivity contribution < 1.29 is 9.90 Å². The Balaban J connectivity index is 1.74. The molecule has 2 aromatic carbocycles. The predicted octanol–water partition coefficient (Wildman–Crippen LogP) is 5.14. The lowest BCUT2D eigenvalue weighted by Gasteiger charge is -2.28. The molecule has 30 heavy (non-hydrogen) atoms. The van der Waals surface area contributed by atoms with Crippen LogP contribution in [0.2, 0.25) is 0 Å². The van der Waals surface area contributed by atoms with Gasteiger partial charge in [-0.15, -0.1) is 0 Å². The van der Waals surface area contributed by atoms with E-state index >= 15 is 0 Å². The minimum absolute atomic E-state index is 0.0126. The van der Waals surface area contributed by atoms with Crippen LogP contribution >= 0.6 is 0 Å². The maximum atomic E-state index is 13.2. The smallest absolute Gasteiger partial charge is 0.298 e. The molecule has 152 valence electrons. The molecular formula is C25H25N3O2. The highest BCUT2D eigenvalue weighted by molar-refractivity contribution is 6.20. The highest BCUT2D eigenvalue weighted by atomic mass is 16.3. The van der Waals surface area contributed by atoms with Gasteiger partial charge in [-0.25, -0.2) is 4.99 Å². The molecule has 1 amide bonds. The van der Waals surface area contributed by atoms with E-state index in [9.17, 15) is 9.90 Å². The number of amidine groups is 1. The number of aliphatic imine (C=N–C) groups is 1. The quantitative estimate of drug-likeness (QED) is 0.573. The number of amides is 1. The monoisotopic (exact) mass is 399 g/mol. The molecule has 1 aliphatic carbocycles. The lowest BCUT2D eigenvalue weighted by molar-refractivity contribution is -0.122. The summed E-state index contributed by atoms with van der Waals surface area (Å²) in [6.07, 6.45) is 5.56. The Hall–Kier alpha value is -3.47. The van der Waals surface area contributed by atoms with E-state index in [0.717, 1.165) is 29.7 Å². The number of carbonyl (C=O) groups is 1. The number of phenolic OH excluding ortho intramolecular Hbond substituents is 1. The summed E-state index contributed by atoms with van der Waals surface area (Å²) in [7, 11) is 0. The van der Waals surface area contributed by atoms with Crippen molar-refractivity contribution in [2.75, 3.05) is 0 Å². The minimum Gasteiger partial charge on any atom is -0.508 e. The van der Waals surface area contributed by atoms with Gasteiger partial charge in [0.25, 0.3) is 5.91 Å². The topological polar surface area (TPSA) is 65.3 Å². The molecule has 4 rings (SSSR count). The number of allylic oxidation sites excluding steroid dienone is 2. The first kappa shape index (κ1) is 19.8. The summed E-state index contributed by atoms with van der Waals surface area (Å²) in [5.74, 6) is 0.460. The second-order valence-corrected chi connectivity index (χ2v) is 8.54. The van der Waals surface area contributed by atoms with E-state index < -0.39 is 0 Å². The number of hydrogen-bond donors (Lipinski definition) is 1. The van der Waals surface area contributed by atoms with E-state index in [0.29, 0.717) is 11.5 Å². The minimum atomic E-state index is -0.251. The van der Waals surface area contributed by atoms with Crippen molar-refractivity contribution in [3.63, 3.8) is 0 Å². The van der Waals surface area contributed by atoms with E-state index in [4.69, 9.17) is 5.10 Å². The van der Waals surface area contributed by atoms with Crippen molar-refractivity contribution in [1.82, 2.24) is 5.01 Å². The number of carbonyl (C=O) groups excluding carboxylic acids is 1. The van der Waals surface area contributed by atoms with Crippen LogP contribution in [-0.2, 0) is 4.79 Å². The zero-order chi connectivity index (χ0) is 21.3. The second kappa shape index (κ2) is 7.75. The fourth-order valence-electron chi connectivity index (χ4n) is 3.99. The SMILES string of the molecule is CC1=CC(C)(C)C/C(=N\N2C(=O)/C(=C\c3ccc(O)cc3)N=C2c2ccccc2)C1. The molecule has 2 aliphatic rings. The van der Waals surface area contributed by atoms with E-state index in [1.54, 1.807) is 30.3 Å². The largest absolute Gasteiger partial charge is 0.508 e. The van der Waals surface area contributed by atoms with Crippen molar-refractivity contribution in [3.05, 3.63) is 83.1 Å². The van der Waals surface area contributed by atoms with E-state index in [1.807, 2.05) is 30.3 Å². The standard InChI is InChI=1S/C25H25N3O2/c1-17-13-20(16-25(2,3)15-17)27-28-23(19-7-5-4-6-8-19)26-22(24(28)30)14-18-9-11-21(29)12-10-18/h4-12,14-15,29H,13,16H2,1-3H3/b22-14+,27-20-. The third kappa shape index (κ3) is 4.25. The molecule has 1 N–H and O–H groups in total. The van der Waals surface area contributed by atoms with Crippen LogP contribution < -0.4 is 0 Å². The first-order valence-electron chi connectivity index (χ1n) is 10.0. The van der Waals surface area contributed by atoms with Crippen LogP contribution in [0.5, 0.6) is 5.75 Å². The van der Waals surface area contributed by atoms with E-state index in [-0.39, 0.29) is 17.1 Å². The maximum absolute atomic E-state index is 13.2. The molecule has 1 aliphatic heterocycles. The van der Waals surface area contributed by atoms with Crippen molar-refractivity contribution in [3.8, 4) is 5.75 Å². The fourth-order valence-corrected chi connectivity index (χ4v) is 3.99. The van der Waals surface area contributed by atoms with Gasteiger partial charge in [0.15, 0.2) is 5.84 Å². The molecule has 2 aromatic rings. The molecule has 0 radical (unpaired) electrons. The summed E-state index contributed by atoms with van der Waals surface area (Å²) in [4.78, 5) is 17.9. The van der Waals surface area contributed by atoms with E-state index in [1.165, 1.54) is 10.6 Å². The zero-order valence-corrected chi connectivity index (χ0v) is 17.5. The van der Waals surface area contributed by atoms with Gasteiger partial charge in [-0.1, -0.05) is 68.0 Å². The molecule has 0 spiro atoms. The highest BCUT2D eigenvalue weighted by Gasteiger charge is 2.33. The predicted molar refractivity (Wildman–Crippen MR) is 120 cm³/mol. The Morgan fingerprint density at radius 1 is 1.10 bits per heavy atom. The summed E-state index contributed by atoms with van der Waals surface area (Å²) < 4.78 is 0. The first-order valence-corrected chi connectivity index (χ1v) is 10.0. The number of hydrogen-bond acceptors (Lipinski definition) is 4. The number of benzene rings is 2. The van der Waals surface area contributed by atoms with Crippen LogP contribution in [0.1, 0.15) is 44.7 Å². The molecule has 0 aromatic heterocycles. The van der Waals surface area contributed by atoms with Gasteiger partial charge < -0.3 is 5.11 Å². The Kier molecular flexibility index (Phi) is 5.12. The molecule has 0 atom stereocenters. The molecule has 0 fully saturated rings. The lowest BCUT2D eigenvalue weighted by atomic mass is 9.79. The van der Waals surface area contributed by atoms with Gasteiger partial charge >= 0.3 is 0 Å². The van der Waals surface area contributed by atoms with Crippen LogP contribution in [0, 0.1) is 5.41 Å². The molecule has 0 unspecified atom stereocenters. The van der Waals surface area contributed by atoms with Gasteiger partial charge in [0.2, 0.25) is 0 Å². The number of aromatic hydroxyl groups is 1. The second-order valence-electron chi connectivity index (χ2n) is 8.54. The third-order valence-corrected chi connectivity index (χ3v) is 5.09. The highest BCUT2D eigenvalue weighted by Crippen LogP contribution is 2.32. The first-order chi connectivity index (χ1) is 14.3. The van der Waals surface area contributed by atoms with Crippen LogP contribution in [0.15, 0.2) is 82.0 Å². The van der Waals surface area contributed by atoms with Crippen molar-refractivity contribution in [1.29, 1.82) is 0 Å². The summed E-state index contributed by atoms with van der Waals surface area (Å²) >= 11 is 0.